The predicted octanol–water partition coefficient (Wildman–Crippen LogP) is 2.18. The van der Waals surface area contributed by atoms with Crippen LogP contribution >= 0.6 is 0 Å². The van der Waals surface area contributed by atoms with Gasteiger partial charge in [-0.2, -0.15) is 0 Å². The van der Waals surface area contributed by atoms with E-state index in [1.807, 2.05) is 54.6 Å². The fraction of sp³-hybridized carbons (Fsp3) is 0.150. The number of ether oxygens (including phenoxy) is 1. The third-order valence-electron chi connectivity index (χ3n) is 4.37. The number of carbonyl (C=O) groups is 1. The van der Waals surface area contributed by atoms with Gasteiger partial charge < -0.3 is 15.8 Å². The zero-order valence-corrected chi connectivity index (χ0v) is 13.1. The second kappa shape index (κ2) is 5.98. The molecule has 0 amide bonds. The van der Waals surface area contributed by atoms with Gasteiger partial charge in [-0.15, -0.1) is 0 Å². The van der Waals surface area contributed by atoms with E-state index in [1.54, 1.807) is 6.08 Å². The Morgan fingerprint density at radius 1 is 1.12 bits per heavy atom. The van der Waals surface area contributed by atoms with E-state index in [-0.39, 0.29) is 11.8 Å². The molecule has 4 heteroatoms. The van der Waals surface area contributed by atoms with Crippen molar-refractivity contribution in [1.82, 2.24) is 5.32 Å². The lowest BCUT2D eigenvalue weighted by Crippen LogP contribution is -2.42. The molecule has 0 saturated carbocycles. The van der Waals surface area contributed by atoms with Gasteiger partial charge in [-0.05, 0) is 35.4 Å². The first-order chi connectivity index (χ1) is 11.8. The van der Waals surface area contributed by atoms with E-state index in [0.29, 0.717) is 12.3 Å². The van der Waals surface area contributed by atoms with Gasteiger partial charge in [0.1, 0.15) is 5.75 Å². The monoisotopic (exact) mass is 318 g/mol. The molecule has 24 heavy (non-hydrogen) atoms. The molecule has 120 valence electrons. The molecular formula is C20H18N2O2. The summed E-state index contributed by atoms with van der Waals surface area (Å²) in [5.74, 6) is 0.595. The first-order valence-electron chi connectivity index (χ1n) is 8.00. The van der Waals surface area contributed by atoms with E-state index < -0.39 is 6.10 Å². The standard InChI is InChI=1S/C20H18N2O2/c21-12-14-11-18(23)20(24-15-7-2-1-3-8-15)16-10-13-6-4-5-9-17(13)22-19(14)16/h1-11,17,20,22H,12,21H2. The van der Waals surface area contributed by atoms with Crippen LogP contribution in [-0.4, -0.2) is 24.5 Å². The molecule has 3 N–H and O–H groups in total. The largest absolute Gasteiger partial charge is 0.477 e. The highest BCUT2D eigenvalue weighted by Gasteiger charge is 2.34. The van der Waals surface area contributed by atoms with Gasteiger partial charge >= 0.3 is 0 Å². The molecule has 3 aliphatic rings. The van der Waals surface area contributed by atoms with Gasteiger partial charge in [0.05, 0.1) is 6.04 Å². The summed E-state index contributed by atoms with van der Waals surface area (Å²) in [6, 6.07) is 9.51. The molecule has 2 aliphatic carbocycles. The van der Waals surface area contributed by atoms with Gasteiger partial charge in [0.25, 0.3) is 0 Å². The first kappa shape index (κ1) is 14.7. The van der Waals surface area contributed by atoms with Crippen molar-refractivity contribution in [2.45, 2.75) is 12.1 Å². The van der Waals surface area contributed by atoms with Crippen molar-refractivity contribution in [3.63, 3.8) is 0 Å². The van der Waals surface area contributed by atoms with Gasteiger partial charge in [-0.1, -0.05) is 42.5 Å². The summed E-state index contributed by atoms with van der Waals surface area (Å²) < 4.78 is 5.99. The Labute approximate surface area is 140 Å². The molecule has 1 aliphatic heterocycles. The van der Waals surface area contributed by atoms with Crippen LogP contribution in [0.5, 0.6) is 5.75 Å². The number of nitrogens with two attached hydrogens (primary N) is 1. The van der Waals surface area contributed by atoms with E-state index in [9.17, 15) is 4.79 Å². The minimum atomic E-state index is -0.655. The minimum absolute atomic E-state index is 0.0783. The van der Waals surface area contributed by atoms with E-state index in [4.69, 9.17) is 10.5 Å². The normalized spacial score (nSPS) is 24.6. The van der Waals surface area contributed by atoms with Gasteiger partial charge in [0.2, 0.25) is 5.78 Å². The van der Waals surface area contributed by atoms with Crippen LogP contribution in [0.15, 0.2) is 89.2 Å². The first-order valence-corrected chi connectivity index (χ1v) is 8.00. The predicted molar refractivity (Wildman–Crippen MR) is 93.3 cm³/mol. The molecule has 1 aromatic carbocycles. The second-order valence-electron chi connectivity index (χ2n) is 5.93. The third kappa shape index (κ3) is 2.51. The molecule has 0 fully saturated rings. The second-order valence-corrected chi connectivity index (χ2v) is 5.93. The molecule has 1 heterocycles. The highest BCUT2D eigenvalue weighted by molar-refractivity contribution is 6.00. The molecule has 0 saturated heterocycles. The van der Waals surface area contributed by atoms with Crippen LogP contribution < -0.4 is 15.8 Å². The summed E-state index contributed by atoms with van der Waals surface area (Å²) in [7, 11) is 0. The Balaban J connectivity index is 1.75. The van der Waals surface area contributed by atoms with Gasteiger partial charge in [0, 0.05) is 17.8 Å². The highest BCUT2D eigenvalue weighted by Crippen LogP contribution is 2.32. The SMILES string of the molecule is NCC1=CC(=O)C(Oc2ccccc2)C2=C1NC1C=CC=CC1=C2. The van der Waals surface area contributed by atoms with E-state index in [2.05, 4.69) is 11.4 Å². The Morgan fingerprint density at radius 3 is 2.75 bits per heavy atom. The van der Waals surface area contributed by atoms with E-state index in [0.717, 1.165) is 22.4 Å². The maximum atomic E-state index is 12.6. The zero-order valence-electron chi connectivity index (χ0n) is 13.1. The number of carbonyl (C=O) groups excluding carboxylic acids is 1. The zero-order chi connectivity index (χ0) is 16.5. The lowest BCUT2D eigenvalue weighted by Gasteiger charge is -2.34. The molecule has 2 atom stereocenters. The number of para-hydroxylation sites is 1. The lowest BCUT2D eigenvalue weighted by atomic mass is 9.85. The van der Waals surface area contributed by atoms with Crippen LogP contribution in [0.4, 0.5) is 0 Å². The number of allylic oxidation sites excluding steroid dienone is 2. The third-order valence-corrected chi connectivity index (χ3v) is 4.37. The number of benzene rings is 1. The van der Waals surface area contributed by atoms with E-state index in [1.165, 1.54) is 0 Å². The van der Waals surface area contributed by atoms with Crippen molar-refractivity contribution in [3.05, 3.63) is 89.2 Å². The van der Waals surface area contributed by atoms with Crippen LogP contribution in [0.25, 0.3) is 0 Å². The molecule has 0 aromatic heterocycles. The highest BCUT2D eigenvalue weighted by atomic mass is 16.5. The number of rotatable bonds is 3. The van der Waals surface area contributed by atoms with Gasteiger partial charge in [0.15, 0.2) is 6.10 Å². The number of ketones is 1. The molecule has 0 bridgehead atoms. The fourth-order valence-electron chi connectivity index (χ4n) is 3.19. The molecule has 0 radical (unpaired) electrons. The smallest absolute Gasteiger partial charge is 0.201 e. The van der Waals surface area contributed by atoms with Crippen molar-refractivity contribution < 1.29 is 9.53 Å². The Morgan fingerprint density at radius 2 is 1.96 bits per heavy atom. The van der Waals surface area contributed by atoms with Gasteiger partial charge in [-0.3, -0.25) is 4.79 Å². The number of hydrogen-bond acceptors (Lipinski definition) is 4. The molecule has 1 aromatic rings. The molecule has 4 rings (SSSR count). The summed E-state index contributed by atoms with van der Waals surface area (Å²) in [6.07, 6.45) is 11.1. The number of fused-ring (bicyclic) bond motifs is 1. The summed E-state index contributed by atoms with van der Waals surface area (Å²) in [6.45, 7) is 0.311. The van der Waals surface area contributed by atoms with Crippen LogP contribution in [0, 0.1) is 0 Å². The van der Waals surface area contributed by atoms with Crippen molar-refractivity contribution in [3.8, 4) is 5.75 Å². The fourth-order valence-corrected chi connectivity index (χ4v) is 3.19. The van der Waals surface area contributed by atoms with Crippen LogP contribution in [0.2, 0.25) is 0 Å². The van der Waals surface area contributed by atoms with Crippen molar-refractivity contribution in [1.29, 1.82) is 0 Å². The Hall–Kier alpha value is -2.85. The topological polar surface area (TPSA) is 64.4 Å². The van der Waals surface area contributed by atoms with Gasteiger partial charge in [-0.25, -0.2) is 0 Å². The number of dihydropyridines is 1. The quantitative estimate of drug-likeness (QED) is 0.896. The van der Waals surface area contributed by atoms with Crippen molar-refractivity contribution >= 4 is 5.78 Å². The Bertz CT molecular complexity index is 828. The molecule has 0 spiro atoms. The Kier molecular flexibility index (Phi) is 3.67. The van der Waals surface area contributed by atoms with E-state index >= 15 is 0 Å². The molecule has 4 nitrogen and oxygen atoms in total. The van der Waals surface area contributed by atoms with Crippen molar-refractivity contribution in [2.75, 3.05) is 6.54 Å². The average molecular weight is 318 g/mol. The summed E-state index contributed by atoms with van der Waals surface area (Å²) >= 11 is 0. The molecule has 2 unspecified atom stereocenters. The summed E-state index contributed by atoms with van der Waals surface area (Å²) in [4.78, 5) is 12.6. The van der Waals surface area contributed by atoms with Crippen LogP contribution in [-0.2, 0) is 4.79 Å². The average Bonchev–Trinajstić information content (AvgIpc) is 2.63. The maximum Gasteiger partial charge on any atom is 0.201 e. The lowest BCUT2D eigenvalue weighted by molar-refractivity contribution is -0.119. The van der Waals surface area contributed by atoms with Crippen molar-refractivity contribution in [2.24, 2.45) is 5.73 Å². The molecular weight excluding hydrogens is 300 g/mol. The van der Waals surface area contributed by atoms with Crippen LogP contribution in [0.1, 0.15) is 0 Å². The summed E-state index contributed by atoms with van der Waals surface area (Å²) in [5.41, 5.74) is 9.54. The number of hydrogen-bond donors (Lipinski definition) is 2. The maximum absolute atomic E-state index is 12.6. The number of nitrogens with one attached hydrogen (secondary N) is 1. The minimum Gasteiger partial charge on any atom is -0.477 e. The van der Waals surface area contributed by atoms with Crippen LogP contribution in [0.3, 0.4) is 0 Å². The summed E-state index contributed by atoms with van der Waals surface area (Å²) in [5, 5.41) is 3.49.